The molecule has 4 aromatic rings. The van der Waals surface area contributed by atoms with Crippen LogP contribution < -0.4 is 14.4 Å². The molecule has 1 fully saturated rings. The third-order valence-corrected chi connectivity index (χ3v) is 7.21. The molecular formula is C29H26F3N3O2S. The minimum Gasteiger partial charge on any atom is -0.406 e. The van der Waals surface area contributed by atoms with Crippen molar-refractivity contribution >= 4 is 34.4 Å². The summed E-state index contributed by atoms with van der Waals surface area (Å²) in [7, 11) is 0. The Morgan fingerprint density at radius 1 is 1.03 bits per heavy atom. The van der Waals surface area contributed by atoms with Crippen molar-refractivity contribution in [2.75, 3.05) is 4.31 Å². The van der Waals surface area contributed by atoms with Gasteiger partial charge in [0.2, 0.25) is 5.91 Å². The van der Waals surface area contributed by atoms with E-state index < -0.39 is 6.36 Å². The Labute approximate surface area is 223 Å². The average molecular weight is 538 g/mol. The predicted molar refractivity (Wildman–Crippen MR) is 143 cm³/mol. The van der Waals surface area contributed by atoms with Gasteiger partial charge in [0.1, 0.15) is 11.6 Å². The normalized spacial score (nSPS) is 13.4. The second-order valence-electron chi connectivity index (χ2n) is 9.23. The molecule has 0 unspecified atom stereocenters. The summed E-state index contributed by atoms with van der Waals surface area (Å²) in [6.07, 6.45) is -0.657. The molecule has 0 radical (unpaired) electrons. The molecule has 1 saturated carbocycles. The van der Waals surface area contributed by atoms with Crippen molar-refractivity contribution in [3.63, 3.8) is 0 Å². The average Bonchev–Trinajstić information content (AvgIpc) is 3.73. The van der Waals surface area contributed by atoms with Crippen molar-refractivity contribution in [3.05, 3.63) is 95.7 Å². The van der Waals surface area contributed by atoms with Gasteiger partial charge in [0, 0.05) is 35.5 Å². The molecule has 1 aromatic heterocycles. The Bertz CT molecular complexity index is 1420. The van der Waals surface area contributed by atoms with Crippen molar-refractivity contribution in [1.82, 2.24) is 10.3 Å². The van der Waals surface area contributed by atoms with Gasteiger partial charge in [0.25, 0.3) is 0 Å². The zero-order chi connectivity index (χ0) is 26.7. The summed E-state index contributed by atoms with van der Waals surface area (Å²) in [5.41, 5.74) is 3.01. The van der Waals surface area contributed by atoms with Gasteiger partial charge in [-0.15, -0.1) is 13.2 Å². The fourth-order valence-electron chi connectivity index (χ4n) is 4.28. The number of halogens is 3. The molecule has 5 rings (SSSR count). The molecule has 1 aliphatic rings. The molecule has 0 atom stereocenters. The van der Waals surface area contributed by atoms with Gasteiger partial charge in [-0.2, -0.15) is 0 Å². The number of carbonyl (C=O) groups excluding carboxylic acids is 1. The maximum atomic E-state index is 12.6. The van der Waals surface area contributed by atoms with Gasteiger partial charge in [0.15, 0.2) is 0 Å². The zero-order valence-corrected chi connectivity index (χ0v) is 21.5. The smallest absolute Gasteiger partial charge is 0.406 e. The molecule has 0 spiro atoms. The number of fused-ring (bicyclic) bond motifs is 1. The highest BCUT2D eigenvalue weighted by atomic mass is 32.2. The lowest BCUT2D eigenvalue weighted by Gasteiger charge is -2.26. The van der Waals surface area contributed by atoms with E-state index in [1.165, 1.54) is 42.0 Å². The van der Waals surface area contributed by atoms with Crippen molar-refractivity contribution in [2.45, 2.75) is 50.0 Å². The molecule has 1 N–H and O–H groups in total. The second kappa shape index (κ2) is 10.9. The van der Waals surface area contributed by atoms with Crippen molar-refractivity contribution in [3.8, 4) is 5.75 Å². The molecule has 1 amide bonds. The van der Waals surface area contributed by atoms with Crippen LogP contribution in [-0.2, 0) is 17.9 Å². The van der Waals surface area contributed by atoms with E-state index >= 15 is 0 Å². The van der Waals surface area contributed by atoms with E-state index in [1.807, 2.05) is 42.6 Å². The first-order chi connectivity index (χ1) is 18.2. The predicted octanol–water partition coefficient (Wildman–Crippen LogP) is 7.36. The Hall–Kier alpha value is -3.72. The number of benzene rings is 3. The molecule has 1 aliphatic carbocycles. The molecule has 0 saturated heterocycles. The van der Waals surface area contributed by atoms with E-state index in [0.717, 1.165) is 40.1 Å². The van der Waals surface area contributed by atoms with E-state index in [-0.39, 0.29) is 11.7 Å². The van der Waals surface area contributed by atoms with Crippen molar-refractivity contribution in [1.29, 1.82) is 0 Å². The molecular weight excluding hydrogens is 511 g/mol. The lowest BCUT2D eigenvalue weighted by atomic mass is 10.0. The van der Waals surface area contributed by atoms with Crippen molar-refractivity contribution in [2.24, 2.45) is 0 Å². The van der Waals surface area contributed by atoms with E-state index in [1.54, 1.807) is 12.1 Å². The quantitative estimate of drug-likeness (QED) is 0.226. The fraction of sp³-hybridized carbons (Fsp3) is 0.241. The highest BCUT2D eigenvalue weighted by Gasteiger charge is 2.32. The van der Waals surface area contributed by atoms with Gasteiger partial charge in [-0.05, 0) is 71.5 Å². The Morgan fingerprint density at radius 2 is 1.71 bits per heavy atom. The topological polar surface area (TPSA) is 54.5 Å². The van der Waals surface area contributed by atoms with Crippen LogP contribution in [0.3, 0.4) is 0 Å². The number of ether oxygens (including phenoxy) is 1. The maximum Gasteiger partial charge on any atom is 0.573 e. The summed E-state index contributed by atoms with van der Waals surface area (Å²) in [6.45, 7) is 2.36. The van der Waals surface area contributed by atoms with Crippen LogP contribution in [0.5, 0.6) is 5.75 Å². The molecule has 1 heterocycles. The summed E-state index contributed by atoms with van der Waals surface area (Å²) < 4.78 is 44.0. The SMILES string of the molecule is CC(=O)NCc1ccc(SN(Cc2ccc(OC(F)(F)F)cc2)c2ncc3ccccc3c2C2CC2)cc1. The molecule has 38 heavy (non-hydrogen) atoms. The Kier molecular flexibility index (Phi) is 7.46. The molecule has 0 bridgehead atoms. The summed E-state index contributed by atoms with van der Waals surface area (Å²) >= 11 is 1.52. The molecule has 9 heteroatoms. The Morgan fingerprint density at radius 3 is 2.37 bits per heavy atom. The number of amides is 1. The zero-order valence-electron chi connectivity index (χ0n) is 20.7. The van der Waals surface area contributed by atoms with Crippen LogP contribution in [0, 0.1) is 0 Å². The maximum absolute atomic E-state index is 12.6. The number of alkyl halides is 3. The standard InChI is InChI=1S/C29H26F3N3O2S/c1-19(36)33-16-20-8-14-25(15-9-20)38-35(18-21-6-12-24(13-7-21)37-29(30,31)32)28-27(22-10-11-22)26-5-3-2-4-23(26)17-34-28/h2-9,12-15,17,22H,10-11,16,18H2,1H3,(H,33,36). The third-order valence-electron chi connectivity index (χ3n) is 6.20. The number of nitrogens with one attached hydrogen (secondary N) is 1. The first kappa shape index (κ1) is 25.9. The van der Waals surface area contributed by atoms with Crippen molar-refractivity contribution < 1.29 is 22.7 Å². The lowest BCUT2D eigenvalue weighted by Crippen LogP contribution is -2.19. The van der Waals surface area contributed by atoms with Gasteiger partial charge < -0.3 is 10.1 Å². The van der Waals surface area contributed by atoms with Gasteiger partial charge in [-0.1, -0.05) is 48.5 Å². The first-order valence-corrected chi connectivity index (χ1v) is 13.0. The highest BCUT2D eigenvalue weighted by Crippen LogP contribution is 2.48. The van der Waals surface area contributed by atoms with E-state index in [0.29, 0.717) is 19.0 Å². The Balaban J connectivity index is 1.47. The van der Waals surface area contributed by atoms with Crippen LogP contribution >= 0.6 is 11.9 Å². The van der Waals surface area contributed by atoms with Gasteiger partial charge in [-0.3, -0.25) is 9.10 Å². The van der Waals surface area contributed by atoms with Crippen LogP contribution in [0.15, 0.2) is 83.9 Å². The number of anilines is 1. The fourth-order valence-corrected chi connectivity index (χ4v) is 5.24. The number of hydrogen-bond acceptors (Lipinski definition) is 5. The summed E-state index contributed by atoms with van der Waals surface area (Å²) in [6, 6.07) is 22.1. The number of hydrogen-bond donors (Lipinski definition) is 1. The summed E-state index contributed by atoms with van der Waals surface area (Å²) in [4.78, 5) is 17.1. The summed E-state index contributed by atoms with van der Waals surface area (Å²) in [5.74, 6) is 0.942. The van der Waals surface area contributed by atoms with E-state index in [2.05, 4.69) is 26.5 Å². The molecule has 0 aliphatic heterocycles. The number of rotatable bonds is 9. The van der Waals surface area contributed by atoms with Crippen LogP contribution in [0.25, 0.3) is 10.8 Å². The number of aromatic nitrogens is 1. The van der Waals surface area contributed by atoms with Crippen LogP contribution in [0.1, 0.15) is 42.4 Å². The van der Waals surface area contributed by atoms with E-state index in [4.69, 9.17) is 4.98 Å². The van der Waals surface area contributed by atoms with Crippen LogP contribution in [0.4, 0.5) is 19.0 Å². The minimum atomic E-state index is -4.73. The molecule has 196 valence electrons. The minimum absolute atomic E-state index is 0.0868. The number of carbonyl (C=O) groups is 1. The monoisotopic (exact) mass is 537 g/mol. The number of nitrogens with zero attached hydrogens (tertiary/aromatic N) is 2. The van der Waals surface area contributed by atoms with Crippen LogP contribution in [0.2, 0.25) is 0 Å². The molecule has 3 aromatic carbocycles. The second-order valence-corrected chi connectivity index (χ2v) is 10.3. The van der Waals surface area contributed by atoms with Gasteiger partial charge in [-0.25, -0.2) is 4.98 Å². The lowest BCUT2D eigenvalue weighted by molar-refractivity contribution is -0.274. The first-order valence-electron chi connectivity index (χ1n) is 12.3. The highest BCUT2D eigenvalue weighted by molar-refractivity contribution is 8.00. The van der Waals surface area contributed by atoms with Crippen LogP contribution in [-0.4, -0.2) is 17.3 Å². The third kappa shape index (κ3) is 6.58. The number of pyridine rings is 1. The van der Waals surface area contributed by atoms with Gasteiger partial charge >= 0.3 is 6.36 Å². The van der Waals surface area contributed by atoms with Gasteiger partial charge in [0.05, 0.1) is 6.54 Å². The molecule has 5 nitrogen and oxygen atoms in total. The largest absolute Gasteiger partial charge is 0.573 e. The van der Waals surface area contributed by atoms with E-state index in [9.17, 15) is 18.0 Å². The summed E-state index contributed by atoms with van der Waals surface area (Å²) in [5, 5.41) is 5.05.